The normalized spacial score (nSPS) is 14.2. The first-order valence-corrected chi connectivity index (χ1v) is 8.21. The number of carbonyl (C=O) groups excluding carboxylic acids is 1. The molecule has 0 spiro atoms. The number of non-ortho nitro benzene ring substituents is 1. The van der Waals surface area contributed by atoms with Gasteiger partial charge >= 0.3 is 0 Å². The van der Waals surface area contributed by atoms with Gasteiger partial charge in [0, 0.05) is 30.2 Å². The van der Waals surface area contributed by atoms with E-state index in [1.54, 1.807) is 0 Å². The van der Waals surface area contributed by atoms with E-state index in [2.05, 4.69) is 5.32 Å². The minimum atomic E-state index is -0.691. The number of carbonyl (C=O) groups is 1. The van der Waals surface area contributed by atoms with Crippen molar-refractivity contribution >= 4 is 34.6 Å². The van der Waals surface area contributed by atoms with E-state index in [0.29, 0.717) is 32.0 Å². The van der Waals surface area contributed by atoms with Crippen molar-refractivity contribution in [2.75, 3.05) is 36.5 Å². The molecule has 1 heterocycles. The van der Waals surface area contributed by atoms with Gasteiger partial charge in [0.2, 0.25) is 0 Å². The van der Waals surface area contributed by atoms with Gasteiger partial charge in [0.15, 0.2) is 0 Å². The van der Waals surface area contributed by atoms with E-state index in [4.69, 9.17) is 16.3 Å². The summed E-state index contributed by atoms with van der Waals surface area (Å²) in [5.41, 5.74) is 0.351. The summed E-state index contributed by atoms with van der Waals surface area (Å²) in [5, 5.41) is 13.7. The molecule has 1 N–H and O–H groups in total. The minimum Gasteiger partial charge on any atom is -0.378 e. The molecule has 0 unspecified atom stereocenters. The molecular weight excluding hydrogens is 365 g/mol. The van der Waals surface area contributed by atoms with Crippen LogP contribution >= 0.6 is 11.6 Å². The first-order valence-electron chi connectivity index (χ1n) is 7.83. The molecule has 1 aliphatic heterocycles. The third-order valence-electron chi connectivity index (χ3n) is 3.97. The second kappa shape index (κ2) is 7.67. The molecule has 9 heteroatoms. The van der Waals surface area contributed by atoms with Crippen molar-refractivity contribution < 1.29 is 18.8 Å². The first-order chi connectivity index (χ1) is 12.5. The Hall–Kier alpha value is -2.71. The number of morpholine rings is 1. The number of halogens is 2. The molecule has 0 saturated carbocycles. The number of anilines is 2. The number of hydrogen-bond acceptors (Lipinski definition) is 5. The number of benzene rings is 2. The summed E-state index contributed by atoms with van der Waals surface area (Å²) < 4.78 is 19.2. The Morgan fingerprint density at radius 2 is 1.96 bits per heavy atom. The fourth-order valence-corrected chi connectivity index (χ4v) is 2.84. The Kier molecular flexibility index (Phi) is 5.34. The second-order valence-electron chi connectivity index (χ2n) is 5.64. The van der Waals surface area contributed by atoms with Crippen LogP contribution in [0.25, 0.3) is 0 Å². The summed E-state index contributed by atoms with van der Waals surface area (Å²) in [5.74, 6) is -1.33. The van der Waals surface area contributed by atoms with Crippen LogP contribution in [0.3, 0.4) is 0 Å². The Balaban J connectivity index is 1.95. The molecule has 1 aliphatic rings. The molecule has 1 amide bonds. The molecular formula is C17H15ClFN3O4. The molecule has 0 aromatic heterocycles. The number of nitro groups is 1. The predicted octanol–water partition coefficient (Wildman–Crippen LogP) is 3.48. The maximum absolute atomic E-state index is 14.0. The van der Waals surface area contributed by atoms with Gasteiger partial charge in [-0.05, 0) is 24.3 Å². The third kappa shape index (κ3) is 3.92. The lowest BCUT2D eigenvalue weighted by molar-refractivity contribution is -0.384. The number of rotatable bonds is 4. The first kappa shape index (κ1) is 18.1. The van der Waals surface area contributed by atoms with Crippen molar-refractivity contribution in [3.8, 4) is 0 Å². The van der Waals surface area contributed by atoms with Gasteiger partial charge in [0.05, 0.1) is 35.1 Å². The summed E-state index contributed by atoms with van der Waals surface area (Å²) in [6.07, 6.45) is 0. The summed E-state index contributed by atoms with van der Waals surface area (Å²) in [7, 11) is 0. The number of nitro benzene ring substituents is 1. The largest absolute Gasteiger partial charge is 0.378 e. The summed E-state index contributed by atoms with van der Waals surface area (Å²) in [6.45, 7) is 2.08. The maximum atomic E-state index is 14.0. The number of nitrogens with one attached hydrogen (secondary N) is 1. The van der Waals surface area contributed by atoms with Gasteiger partial charge in [-0.3, -0.25) is 14.9 Å². The monoisotopic (exact) mass is 379 g/mol. The Morgan fingerprint density at radius 1 is 1.23 bits per heavy atom. The lowest BCUT2D eigenvalue weighted by atomic mass is 10.1. The number of nitrogens with zero attached hydrogens (tertiary/aromatic N) is 2. The zero-order valence-corrected chi connectivity index (χ0v) is 14.3. The molecule has 2 aromatic rings. The van der Waals surface area contributed by atoms with E-state index < -0.39 is 16.6 Å². The lowest BCUT2D eigenvalue weighted by Crippen LogP contribution is -2.37. The van der Waals surface area contributed by atoms with E-state index in [1.807, 2.05) is 4.90 Å². The topological polar surface area (TPSA) is 84.7 Å². The fraction of sp³-hybridized carbons (Fsp3) is 0.235. The number of ether oxygens (including phenoxy) is 1. The van der Waals surface area contributed by atoms with Gasteiger partial charge in [-0.2, -0.15) is 0 Å². The molecule has 136 valence electrons. The molecule has 0 atom stereocenters. The maximum Gasteiger partial charge on any atom is 0.270 e. The highest BCUT2D eigenvalue weighted by Crippen LogP contribution is 2.28. The molecule has 7 nitrogen and oxygen atoms in total. The molecule has 0 radical (unpaired) electrons. The van der Waals surface area contributed by atoms with E-state index >= 15 is 0 Å². The lowest BCUT2D eigenvalue weighted by Gasteiger charge is -2.30. The molecule has 0 aliphatic carbocycles. The summed E-state index contributed by atoms with van der Waals surface area (Å²) in [6, 6.07) is 7.90. The minimum absolute atomic E-state index is 0.0566. The molecule has 3 rings (SSSR count). The quantitative estimate of drug-likeness (QED) is 0.649. The SMILES string of the molecule is O=C(Nc1ccc(Cl)cc1F)c1cc([N+](=O)[O-])ccc1N1CCOCC1. The Morgan fingerprint density at radius 3 is 2.62 bits per heavy atom. The van der Waals surface area contributed by atoms with Crippen molar-refractivity contribution in [2.24, 2.45) is 0 Å². The summed E-state index contributed by atoms with van der Waals surface area (Å²) >= 11 is 5.71. The van der Waals surface area contributed by atoms with E-state index in [0.717, 1.165) is 6.07 Å². The smallest absolute Gasteiger partial charge is 0.270 e. The highest BCUT2D eigenvalue weighted by atomic mass is 35.5. The third-order valence-corrected chi connectivity index (χ3v) is 4.20. The van der Waals surface area contributed by atoms with Crippen molar-refractivity contribution in [2.45, 2.75) is 0 Å². The van der Waals surface area contributed by atoms with Crippen molar-refractivity contribution in [1.82, 2.24) is 0 Å². The van der Waals surface area contributed by atoms with Crippen molar-refractivity contribution in [3.63, 3.8) is 0 Å². The van der Waals surface area contributed by atoms with Gasteiger partial charge in [-0.1, -0.05) is 11.6 Å². The van der Waals surface area contributed by atoms with Crippen LogP contribution < -0.4 is 10.2 Å². The number of hydrogen-bond donors (Lipinski definition) is 1. The van der Waals surface area contributed by atoms with Crippen LogP contribution in [0.2, 0.25) is 5.02 Å². The van der Waals surface area contributed by atoms with Gasteiger partial charge in [-0.25, -0.2) is 4.39 Å². The summed E-state index contributed by atoms with van der Waals surface area (Å²) in [4.78, 5) is 25.1. The molecule has 26 heavy (non-hydrogen) atoms. The molecule has 1 fully saturated rings. The fourth-order valence-electron chi connectivity index (χ4n) is 2.68. The average molecular weight is 380 g/mol. The molecule has 1 saturated heterocycles. The van der Waals surface area contributed by atoms with Gasteiger partial charge in [0.25, 0.3) is 11.6 Å². The predicted molar refractivity (Wildman–Crippen MR) is 95.5 cm³/mol. The Labute approximate surface area is 153 Å². The van der Waals surface area contributed by atoms with Crippen molar-refractivity contribution in [1.29, 1.82) is 0 Å². The van der Waals surface area contributed by atoms with Crippen LogP contribution in [-0.4, -0.2) is 37.1 Å². The van der Waals surface area contributed by atoms with E-state index in [-0.39, 0.29) is 22.0 Å². The van der Waals surface area contributed by atoms with Crippen LogP contribution in [0.1, 0.15) is 10.4 Å². The highest BCUT2D eigenvalue weighted by Gasteiger charge is 2.22. The molecule has 2 aromatic carbocycles. The second-order valence-corrected chi connectivity index (χ2v) is 6.07. The van der Waals surface area contributed by atoms with Crippen LogP contribution in [-0.2, 0) is 4.74 Å². The van der Waals surface area contributed by atoms with E-state index in [1.165, 1.54) is 30.3 Å². The van der Waals surface area contributed by atoms with Gasteiger partial charge < -0.3 is 15.0 Å². The zero-order valence-electron chi connectivity index (χ0n) is 13.6. The van der Waals surface area contributed by atoms with E-state index in [9.17, 15) is 19.3 Å². The number of amides is 1. The van der Waals surface area contributed by atoms with Crippen molar-refractivity contribution in [3.05, 3.63) is 62.9 Å². The standard InChI is InChI=1S/C17H15ClFN3O4/c18-11-1-3-15(14(19)9-11)20-17(23)13-10-12(22(24)25)2-4-16(13)21-5-7-26-8-6-21/h1-4,9-10H,5-8H2,(H,20,23). The van der Waals surface area contributed by atoms with Crippen LogP contribution in [0.15, 0.2) is 36.4 Å². The zero-order chi connectivity index (χ0) is 18.7. The molecule has 0 bridgehead atoms. The van der Waals surface area contributed by atoms with Crippen LogP contribution in [0.5, 0.6) is 0 Å². The highest BCUT2D eigenvalue weighted by molar-refractivity contribution is 6.30. The van der Waals surface area contributed by atoms with Gasteiger partial charge in [0.1, 0.15) is 5.82 Å². The van der Waals surface area contributed by atoms with Crippen LogP contribution in [0.4, 0.5) is 21.5 Å². The Bertz CT molecular complexity index is 856. The van der Waals surface area contributed by atoms with Crippen LogP contribution in [0, 0.1) is 15.9 Å². The van der Waals surface area contributed by atoms with Gasteiger partial charge in [-0.15, -0.1) is 0 Å². The average Bonchev–Trinajstić information content (AvgIpc) is 2.64.